The van der Waals surface area contributed by atoms with Gasteiger partial charge in [0.25, 0.3) is 11.8 Å². The maximum atomic E-state index is 13.6. The molecule has 1 aromatic carbocycles. The van der Waals surface area contributed by atoms with E-state index in [1.165, 1.54) is 6.20 Å². The lowest BCUT2D eigenvalue weighted by molar-refractivity contribution is -0.182. The van der Waals surface area contributed by atoms with E-state index in [4.69, 9.17) is 19.9 Å². The minimum absolute atomic E-state index is 0.0495. The number of hydrogen-bond donors (Lipinski definition) is 1. The fraction of sp³-hybridized carbons (Fsp3) is 0.458. The van der Waals surface area contributed by atoms with Gasteiger partial charge in [-0.1, -0.05) is 30.3 Å². The fourth-order valence-electron chi connectivity index (χ4n) is 5.10. The summed E-state index contributed by atoms with van der Waals surface area (Å²) in [7, 11) is 0. The van der Waals surface area contributed by atoms with Gasteiger partial charge in [0.15, 0.2) is 11.4 Å². The van der Waals surface area contributed by atoms with Crippen LogP contribution in [0.4, 0.5) is 0 Å². The molecule has 0 radical (unpaired) electrons. The number of primary amides is 1. The monoisotopic (exact) mass is 453 g/mol. The van der Waals surface area contributed by atoms with Crippen molar-refractivity contribution in [3.05, 3.63) is 63.6 Å². The van der Waals surface area contributed by atoms with Crippen molar-refractivity contribution in [2.24, 2.45) is 5.73 Å². The largest absolute Gasteiger partial charge is 0.483 e. The number of aromatic nitrogens is 1. The zero-order valence-corrected chi connectivity index (χ0v) is 18.5. The average molecular weight is 453 g/mol. The van der Waals surface area contributed by atoms with Crippen molar-refractivity contribution >= 4 is 11.8 Å². The highest BCUT2D eigenvalue weighted by atomic mass is 16.6. The van der Waals surface area contributed by atoms with Crippen LogP contribution in [-0.2, 0) is 16.1 Å². The summed E-state index contributed by atoms with van der Waals surface area (Å²) in [5, 5.41) is 0. The number of nitrogens with zero attached hydrogens (tertiary/aromatic N) is 2. The molecular formula is C24H27N3O6. The second-order valence-corrected chi connectivity index (χ2v) is 8.92. The lowest BCUT2D eigenvalue weighted by Crippen LogP contribution is -2.56. The van der Waals surface area contributed by atoms with E-state index in [0.29, 0.717) is 32.8 Å². The third-order valence-electron chi connectivity index (χ3n) is 6.94. The van der Waals surface area contributed by atoms with Crippen molar-refractivity contribution in [2.75, 3.05) is 26.4 Å². The van der Waals surface area contributed by atoms with Gasteiger partial charge in [-0.3, -0.25) is 14.4 Å². The van der Waals surface area contributed by atoms with E-state index in [1.807, 2.05) is 37.3 Å². The molecule has 0 aliphatic carbocycles. The van der Waals surface area contributed by atoms with E-state index in [9.17, 15) is 14.4 Å². The van der Waals surface area contributed by atoms with E-state index in [-0.39, 0.29) is 41.6 Å². The van der Waals surface area contributed by atoms with Crippen LogP contribution in [0.5, 0.6) is 5.75 Å². The van der Waals surface area contributed by atoms with E-state index < -0.39 is 16.9 Å². The summed E-state index contributed by atoms with van der Waals surface area (Å²) < 4.78 is 19.7. The molecule has 2 aromatic rings. The number of carbonyl (C=O) groups is 2. The summed E-state index contributed by atoms with van der Waals surface area (Å²) in [5.41, 5.74) is 4.92. The Morgan fingerprint density at radius 2 is 2.03 bits per heavy atom. The molecule has 1 spiro atoms. The molecule has 3 aliphatic heterocycles. The molecule has 2 bridgehead atoms. The third kappa shape index (κ3) is 3.61. The molecule has 3 atom stereocenters. The van der Waals surface area contributed by atoms with Gasteiger partial charge in [0.1, 0.15) is 17.8 Å². The quantitative estimate of drug-likeness (QED) is 0.751. The Balaban J connectivity index is 1.68. The summed E-state index contributed by atoms with van der Waals surface area (Å²) in [5.74, 6) is -1.33. The molecule has 33 heavy (non-hydrogen) atoms. The van der Waals surface area contributed by atoms with Gasteiger partial charge in [0.05, 0.1) is 25.9 Å². The molecule has 174 valence electrons. The van der Waals surface area contributed by atoms with Crippen LogP contribution in [0.2, 0.25) is 0 Å². The Bertz CT molecular complexity index is 1140. The van der Waals surface area contributed by atoms with Crippen molar-refractivity contribution in [3.8, 4) is 5.75 Å². The Labute approximate surface area is 191 Å². The van der Waals surface area contributed by atoms with Gasteiger partial charge in [0, 0.05) is 18.8 Å². The molecule has 4 heterocycles. The highest BCUT2D eigenvalue weighted by Crippen LogP contribution is 2.43. The van der Waals surface area contributed by atoms with Gasteiger partial charge < -0.3 is 29.4 Å². The maximum Gasteiger partial charge on any atom is 0.274 e. The SMILES string of the molecule is C[C@H]1CC[C@]2(COCCO2)[C@H]2CN1C(=O)c1c(OCc3ccccc3)c(=O)c(C(N)=O)cn12. The molecule has 0 unspecified atom stereocenters. The second kappa shape index (κ2) is 8.31. The Morgan fingerprint density at radius 3 is 2.73 bits per heavy atom. The second-order valence-electron chi connectivity index (χ2n) is 8.92. The number of benzene rings is 1. The Morgan fingerprint density at radius 1 is 1.24 bits per heavy atom. The van der Waals surface area contributed by atoms with Gasteiger partial charge >= 0.3 is 0 Å². The van der Waals surface area contributed by atoms with Crippen LogP contribution < -0.4 is 15.9 Å². The van der Waals surface area contributed by atoms with E-state index >= 15 is 0 Å². The van der Waals surface area contributed by atoms with Gasteiger partial charge in [-0.15, -0.1) is 0 Å². The lowest BCUT2D eigenvalue weighted by Gasteiger charge is -2.46. The summed E-state index contributed by atoms with van der Waals surface area (Å²) in [6.45, 7) is 3.76. The highest BCUT2D eigenvalue weighted by Gasteiger charge is 2.51. The normalized spacial score (nSPS) is 26.6. The summed E-state index contributed by atoms with van der Waals surface area (Å²) in [4.78, 5) is 40.8. The first-order valence-electron chi connectivity index (χ1n) is 11.2. The zero-order valence-electron chi connectivity index (χ0n) is 18.5. The number of nitrogens with two attached hydrogens (primary N) is 1. The molecule has 3 aliphatic rings. The molecule has 1 aromatic heterocycles. The van der Waals surface area contributed by atoms with E-state index in [1.54, 1.807) is 9.47 Å². The molecule has 9 heteroatoms. The first-order valence-corrected chi connectivity index (χ1v) is 11.2. The number of hydrogen-bond acceptors (Lipinski definition) is 6. The van der Waals surface area contributed by atoms with Crippen LogP contribution in [-0.4, -0.2) is 59.3 Å². The predicted molar refractivity (Wildman–Crippen MR) is 118 cm³/mol. The number of ether oxygens (including phenoxy) is 3. The van der Waals surface area contributed by atoms with Crippen LogP contribution in [0, 0.1) is 0 Å². The Kier molecular flexibility index (Phi) is 5.46. The smallest absolute Gasteiger partial charge is 0.274 e. The third-order valence-corrected chi connectivity index (χ3v) is 6.94. The number of carbonyl (C=O) groups excluding carboxylic acids is 2. The van der Waals surface area contributed by atoms with Gasteiger partial charge in [-0.25, -0.2) is 0 Å². The summed E-state index contributed by atoms with van der Waals surface area (Å²) in [6.07, 6.45) is 2.80. The number of pyridine rings is 1. The van der Waals surface area contributed by atoms with E-state index in [2.05, 4.69) is 0 Å². The standard InChI is InChI=1S/C24H27N3O6/c1-15-7-8-24(14-31-9-10-33-24)18-12-26(15)23(30)19-21(32-13-16-5-3-2-4-6-16)20(28)17(22(25)29)11-27(18)19/h2-6,11,15,18H,7-10,12-14H2,1H3,(H2,25,29)/t15-,18+,24-/m0/s1. The van der Waals surface area contributed by atoms with Crippen LogP contribution in [0.3, 0.4) is 0 Å². The van der Waals surface area contributed by atoms with E-state index in [0.717, 1.165) is 12.0 Å². The molecule has 2 fully saturated rings. The van der Waals surface area contributed by atoms with Gasteiger partial charge in [0.2, 0.25) is 5.43 Å². The minimum atomic E-state index is -0.869. The van der Waals surface area contributed by atoms with Crippen molar-refractivity contribution in [2.45, 2.75) is 44.1 Å². The molecule has 2 amide bonds. The minimum Gasteiger partial charge on any atom is -0.483 e. The molecule has 9 nitrogen and oxygen atoms in total. The van der Waals surface area contributed by atoms with Crippen LogP contribution >= 0.6 is 0 Å². The van der Waals surface area contributed by atoms with Crippen molar-refractivity contribution in [3.63, 3.8) is 0 Å². The molecule has 0 saturated carbocycles. The first kappa shape index (κ1) is 21.7. The number of fused-ring (bicyclic) bond motifs is 5. The zero-order chi connectivity index (χ0) is 23.2. The van der Waals surface area contributed by atoms with Crippen molar-refractivity contribution in [1.82, 2.24) is 9.47 Å². The number of rotatable bonds is 4. The molecular weight excluding hydrogens is 426 g/mol. The summed E-state index contributed by atoms with van der Waals surface area (Å²) >= 11 is 0. The van der Waals surface area contributed by atoms with Crippen LogP contribution in [0.25, 0.3) is 0 Å². The first-order chi connectivity index (χ1) is 15.9. The van der Waals surface area contributed by atoms with Crippen LogP contribution in [0.15, 0.2) is 41.3 Å². The molecule has 5 rings (SSSR count). The Hall–Kier alpha value is -3.17. The van der Waals surface area contributed by atoms with Crippen molar-refractivity contribution < 1.29 is 23.8 Å². The highest BCUT2D eigenvalue weighted by molar-refractivity contribution is 5.99. The predicted octanol–water partition coefficient (Wildman–Crippen LogP) is 1.49. The molecule has 2 N–H and O–H groups in total. The van der Waals surface area contributed by atoms with Crippen molar-refractivity contribution in [1.29, 1.82) is 0 Å². The van der Waals surface area contributed by atoms with Gasteiger partial charge in [-0.2, -0.15) is 0 Å². The maximum absolute atomic E-state index is 13.6. The van der Waals surface area contributed by atoms with Gasteiger partial charge in [-0.05, 0) is 25.3 Å². The summed E-state index contributed by atoms with van der Waals surface area (Å²) in [6, 6.07) is 8.91. The van der Waals surface area contributed by atoms with Crippen LogP contribution in [0.1, 0.15) is 52.2 Å². The number of amides is 2. The molecule has 2 saturated heterocycles. The average Bonchev–Trinajstić information content (AvgIpc) is 2.94. The lowest BCUT2D eigenvalue weighted by atomic mass is 9.88. The fourth-order valence-corrected chi connectivity index (χ4v) is 5.10. The topological polar surface area (TPSA) is 113 Å².